The third-order valence-corrected chi connectivity index (χ3v) is 4.93. The molecule has 6 heteroatoms. The molecule has 1 saturated heterocycles. The summed E-state index contributed by atoms with van der Waals surface area (Å²) in [7, 11) is 2.34. The van der Waals surface area contributed by atoms with Crippen molar-refractivity contribution in [1.29, 1.82) is 0 Å². The number of hydrogen-bond donors (Lipinski definition) is 0. The van der Waals surface area contributed by atoms with Crippen molar-refractivity contribution < 1.29 is 13.2 Å². The maximum Gasteiger partial charge on any atom is 0.216 e. The lowest BCUT2D eigenvalue weighted by molar-refractivity contribution is 0.0299. The molecule has 0 bridgehead atoms. The van der Waals surface area contributed by atoms with Crippen LogP contribution in [0.2, 0.25) is 0 Å². The van der Waals surface area contributed by atoms with E-state index in [1.165, 1.54) is 4.31 Å². The highest BCUT2D eigenvalue weighted by Gasteiger charge is 2.25. The summed E-state index contributed by atoms with van der Waals surface area (Å²) in [6.45, 7) is 1.96. The zero-order valence-electron chi connectivity index (χ0n) is 11.1. The number of ether oxygens (including phenoxy) is 1. The van der Waals surface area contributed by atoms with Gasteiger partial charge in [-0.25, -0.2) is 12.7 Å². The fourth-order valence-corrected chi connectivity index (χ4v) is 3.13. The van der Waals surface area contributed by atoms with E-state index in [9.17, 15) is 8.42 Å². The summed E-state index contributed by atoms with van der Waals surface area (Å²) in [4.78, 5) is 1.98. The predicted molar refractivity (Wildman–Crippen MR) is 68.6 cm³/mol. The first kappa shape index (κ1) is 14.9. The van der Waals surface area contributed by atoms with Crippen molar-refractivity contribution in [1.82, 2.24) is 9.21 Å². The van der Waals surface area contributed by atoms with Gasteiger partial charge in [0, 0.05) is 26.7 Å². The first-order valence-electron chi connectivity index (χ1n) is 6.12. The molecular weight excluding hydrogens is 240 g/mol. The van der Waals surface area contributed by atoms with Crippen molar-refractivity contribution in [2.24, 2.45) is 0 Å². The molecule has 0 aromatic rings. The van der Waals surface area contributed by atoms with Crippen LogP contribution in [0.4, 0.5) is 0 Å². The molecule has 1 aliphatic heterocycles. The molecule has 5 nitrogen and oxygen atoms in total. The van der Waals surface area contributed by atoms with Crippen molar-refractivity contribution in [2.75, 3.05) is 46.6 Å². The topological polar surface area (TPSA) is 49.9 Å². The van der Waals surface area contributed by atoms with E-state index in [0.717, 1.165) is 25.8 Å². The Balaban J connectivity index is 2.43. The first-order valence-corrected chi connectivity index (χ1v) is 7.73. The van der Waals surface area contributed by atoms with Crippen LogP contribution in [-0.2, 0) is 14.8 Å². The minimum absolute atomic E-state index is 0.115. The molecule has 1 unspecified atom stereocenters. The summed E-state index contributed by atoms with van der Waals surface area (Å²) in [5.41, 5.74) is 0. The Labute approximate surface area is 105 Å². The zero-order chi connectivity index (χ0) is 12.9. The van der Waals surface area contributed by atoms with Gasteiger partial charge in [-0.05, 0) is 33.4 Å². The van der Waals surface area contributed by atoms with Crippen LogP contribution >= 0.6 is 0 Å². The summed E-state index contributed by atoms with van der Waals surface area (Å²) in [5, 5.41) is 0. The Morgan fingerprint density at radius 3 is 2.41 bits per heavy atom. The quantitative estimate of drug-likeness (QED) is 0.696. The number of likely N-dealkylation sites (N-methyl/N-ethyl adjacent to an activating group) is 2. The van der Waals surface area contributed by atoms with Gasteiger partial charge in [-0.3, -0.25) is 0 Å². The molecule has 0 spiro atoms. The summed E-state index contributed by atoms with van der Waals surface area (Å²) in [5.74, 6) is 0.122. The Bertz CT molecular complexity index is 311. The molecule has 1 atom stereocenters. The highest BCUT2D eigenvalue weighted by atomic mass is 32.2. The maximum absolute atomic E-state index is 12.0. The number of rotatable bonds is 6. The molecule has 0 amide bonds. The van der Waals surface area contributed by atoms with Crippen LogP contribution in [0.5, 0.6) is 0 Å². The van der Waals surface area contributed by atoms with E-state index in [-0.39, 0.29) is 11.9 Å². The number of sulfonamides is 1. The Morgan fingerprint density at radius 1 is 1.18 bits per heavy atom. The summed E-state index contributed by atoms with van der Waals surface area (Å²) in [6.07, 6.45) is 2.87. The van der Waals surface area contributed by atoms with Gasteiger partial charge >= 0.3 is 0 Å². The Hall–Kier alpha value is -0.170. The van der Waals surface area contributed by atoms with Gasteiger partial charge in [-0.2, -0.15) is 0 Å². The van der Waals surface area contributed by atoms with Gasteiger partial charge < -0.3 is 9.64 Å². The minimum Gasteiger partial charge on any atom is -0.377 e. The predicted octanol–water partition coefficient (Wildman–Crippen LogP) is 0.379. The van der Waals surface area contributed by atoms with Crippen molar-refractivity contribution in [3.63, 3.8) is 0 Å². The van der Waals surface area contributed by atoms with Gasteiger partial charge in [0.05, 0.1) is 11.9 Å². The second-order valence-corrected chi connectivity index (χ2v) is 7.01. The second kappa shape index (κ2) is 6.68. The standard InChI is InChI=1S/C11H24N2O3S/c1-12(2)7-8-13(3)17(14,15)10-11-6-4-5-9-16-11/h11H,4-10H2,1-3H3. The highest BCUT2D eigenvalue weighted by Crippen LogP contribution is 2.15. The van der Waals surface area contributed by atoms with Crippen molar-refractivity contribution in [3.05, 3.63) is 0 Å². The van der Waals surface area contributed by atoms with Crippen LogP contribution in [0, 0.1) is 0 Å². The monoisotopic (exact) mass is 264 g/mol. The molecule has 17 heavy (non-hydrogen) atoms. The number of nitrogens with zero attached hydrogens (tertiary/aromatic N) is 2. The third-order valence-electron chi connectivity index (χ3n) is 3.01. The van der Waals surface area contributed by atoms with Crippen LogP contribution in [0.25, 0.3) is 0 Å². The number of hydrogen-bond acceptors (Lipinski definition) is 4. The van der Waals surface area contributed by atoms with E-state index < -0.39 is 10.0 Å². The largest absolute Gasteiger partial charge is 0.377 e. The molecular formula is C11H24N2O3S. The average Bonchev–Trinajstić information content (AvgIpc) is 2.26. The van der Waals surface area contributed by atoms with Crippen LogP contribution in [0.3, 0.4) is 0 Å². The lowest BCUT2D eigenvalue weighted by Gasteiger charge is -2.25. The Kier molecular flexibility index (Phi) is 5.85. The molecule has 1 aliphatic rings. The zero-order valence-corrected chi connectivity index (χ0v) is 11.9. The molecule has 1 fully saturated rings. The molecule has 0 aromatic carbocycles. The molecule has 0 radical (unpaired) electrons. The third kappa shape index (κ3) is 5.33. The van der Waals surface area contributed by atoms with E-state index in [1.807, 2.05) is 19.0 Å². The first-order chi connectivity index (χ1) is 7.92. The van der Waals surface area contributed by atoms with Crippen LogP contribution < -0.4 is 0 Å². The average molecular weight is 264 g/mol. The highest BCUT2D eigenvalue weighted by molar-refractivity contribution is 7.89. The fraction of sp³-hybridized carbons (Fsp3) is 1.00. The summed E-state index contributed by atoms with van der Waals surface area (Å²) in [6, 6.07) is 0. The van der Waals surface area contributed by atoms with Crippen molar-refractivity contribution >= 4 is 10.0 Å². The maximum atomic E-state index is 12.0. The van der Waals surface area contributed by atoms with Gasteiger partial charge in [0.2, 0.25) is 10.0 Å². The lowest BCUT2D eigenvalue weighted by Crippen LogP contribution is -2.39. The fourth-order valence-electron chi connectivity index (χ4n) is 1.78. The van der Waals surface area contributed by atoms with E-state index >= 15 is 0 Å². The molecule has 1 heterocycles. The SMILES string of the molecule is CN(C)CCN(C)S(=O)(=O)CC1CCCCO1. The lowest BCUT2D eigenvalue weighted by atomic mass is 10.1. The molecule has 0 aromatic heterocycles. The van der Waals surface area contributed by atoms with Crippen LogP contribution in [0.15, 0.2) is 0 Å². The molecule has 0 aliphatic carbocycles. The van der Waals surface area contributed by atoms with E-state index in [2.05, 4.69) is 0 Å². The van der Waals surface area contributed by atoms with Crippen LogP contribution in [-0.4, -0.2) is 70.3 Å². The van der Waals surface area contributed by atoms with Gasteiger partial charge in [0.1, 0.15) is 0 Å². The van der Waals surface area contributed by atoms with Gasteiger partial charge in [0.15, 0.2) is 0 Å². The van der Waals surface area contributed by atoms with Gasteiger partial charge in [-0.15, -0.1) is 0 Å². The summed E-state index contributed by atoms with van der Waals surface area (Å²) >= 11 is 0. The Morgan fingerprint density at radius 2 is 1.88 bits per heavy atom. The summed E-state index contributed by atoms with van der Waals surface area (Å²) < 4.78 is 31.0. The van der Waals surface area contributed by atoms with E-state index in [1.54, 1.807) is 7.05 Å². The van der Waals surface area contributed by atoms with E-state index in [4.69, 9.17) is 4.74 Å². The van der Waals surface area contributed by atoms with E-state index in [0.29, 0.717) is 13.2 Å². The molecule has 102 valence electrons. The molecule has 1 rings (SSSR count). The second-order valence-electron chi connectivity index (χ2n) is 4.89. The van der Waals surface area contributed by atoms with Gasteiger partial charge in [-0.1, -0.05) is 0 Å². The van der Waals surface area contributed by atoms with Crippen LogP contribution in [0.1, 0.15) is 19.3 Å². The normalized spacial score (nSPS) is 22.3. The van der Waals surface area contributed by atoms with Crippen molar-refractivity contribution in [2.45, 2.75) is 25.4 Å². The molecule has 0 N–H and O–H groups in total. The smallest absolute Gasteiger partial charge is 0.216 e. The van der Waals surface area contributed by atoms with Gasteiger partial charge in [0.25, 0.3) is 0 Å². The molecule has 0 saturated carbocycles. The van der Waals surface area contributed by atoms with Crippen molar-refractivity contribution in [3.8, 4) is 0 Å². The minimum atomic E-state index is -3.17.